The summed E-state index contributed by atoms with van der Waals surface area (Å²) < 4.78 is 19.9. The van der Waals surface area contributed by atoms with Gasteiger partial charge in [0.1, 0.15) is 11.5 Å². The first-order valence-electron chi connectivity index (χ1n) is 7.02. The predicted octanol–water partition coefficient (Wildman–Crippen LogP) is 1.88. The second-order valence-corrected chi connectivity index (χ2v) is 5.06. The zero-order chi connectivity index (χ0) is 17.3. The Morgan fingerprint density at radius 2 is 2.12 bits per heavy atom. The fourth-order valence-electron chi connectivity index (χ4n) is 2.33. The molecule has 0 aliphatic rings. The minimum Gasteiger partial charge on any atom is -0.493 e. The van der Waals surface area contributed by atoms with Crippen LogP contribution in [0.2, 0.25) is 0 Å². The molecule has 0 unspecified atom stereocenters. The number of nitrogens with zero attached hydrogens (tertiary/aromatic N) is 4. The molecule has 0 atom stereocenters. The number of carbonyl (C=O) groups is 1. The highest BCUT2D eigenvalue weighted by Crippen LogP contribution is 2.29. The number of carbonyl (C=O) groups excluding carboxylic acids is 1. The van der Waals surface area contributed by atoms with Gasteiger partial charge in [-0.05, 0) is 25.1 Å². The van der Waals surface area contributed by atoms with Crippen LogP contribution in [0, 0.1) is 12.7 Å². The highest BCUT2D eigenvalue weighted by Gasteiger charge is 2.20. The number of methoxy groups -OCH3 is 1. The van der Waals surface area contributed by atoms with E-state index in [1.807, 2.05) is 0 Å². The van der Waals surface area contributed by atoms with Crippen LogP contribution in [0.5, 0.6) is 5.75 Å². The number of aromatic nitrogens is 4. The summed E-state index contributed by atoms with van der Waals surface area (Å²) in [7, 11) is 1.52. The molecule has 3 aromatic heterocycles. The Balaban J connectivity index is 2.30. The van der Waals surface area contributed by atoms with E-state index in [9.17, 15) is 9.18 Å². The lowest BCUT2D eigenvalue weighted by atomic mass is 10.1. The number of pyridine rings is 2. The molecule has 0 radical (unpaired) electrons. The van der Waals surface area contributed by atoms with E-state index in [1.165, 1.54) is 30.1 Å². The van der Waals surface area contributed by atoms with Gasteiger partial charge >= 0.3 is 0 Å². The summed E-state index contributed by atoms with van der Waals surface area (Å²) in [6.07, 6.45) is 4.24. The molecule has 0 fully saturated rings. The molecule has 0 aromatic carbocycles. The van der Waals surface area contributed by atoms with Crippen molar-refractivity contribution in [2.45, 2.75) is 6.92 Å². The number of hydrogen-bond donors (Lipinski definition) is 1. The van der Waals surface area contributed by atoms with Crippen LogP contribution in [0.1, 0.15) is 16.2 Å². The zero-order valence-corrected chi connectivity index (χ0v) is 13.0. The van der Waals surface area contributed by atoms with Crippen LogP contribution in [0.15, 0.2) is 36.8 Å². The van der Waals surface area contributed by atoms with Gasteiger partial charge in [0, 0.05) is 5.69 Å². The van der Waals surface area contributed by atoms with Crippen LogP contribution in [0.3, 0.4) is 0 Å². The molecule has 3 rings (SSSR count). The average molecular weight is 327 g/mol. The summed E-state index contributed by atoms with van der Waals surface area (Å²) in [6.45, 7) is 1.73. The second kappa shape index (κ2) is 6.07. The van der Waals surface area contributed by atoms with Gasteiger partial charge in [0.2, 0.25) is 0 Å². The molecule has 0 aliphatic carbocycles. The maximum atomic E-state index is 13.2. The van der Waals surface area contributed by atoms with E-state index in [0.717, 1.165) is 6.20 Å². The van der Waals surface area contributed by atoms with Crippen molar-refractivity contribution in [1.82, 2.24) is 19.7 Å². The van der Waals surface area contributed by atoms with Gasteiger partial charge in [-0.2, -0.15) is 5.10 Å². The topological polar surface area (TPSA) is 95.9 Å². The van der Waals surface area contributed by atoms with Crippen LogP contribution in [0.25, 0.3) is 16.9 Å². The minimum atomic E-state index is -0.708. The van der Waals surface area contributed by atoms with E-state index in [4.69, 9.17) is 10.5 Å². The van der Waals surface area contributed by atoms with Gasteiger partial charge < -0.3 is 10.5 Å². The molecule has 1 amide bonds. The van der Waals surface area contributed by atoms with Crippen LogP contribution >= 0.6 is 0 Å². The molecule has 3 aromatic rings. The molecule has 0 saturated heterocycles. The molecule has 122 valence electrons. The van der Waals surface area contributed by atoms with E-state index in [2.05, 4.69) is 15.1 Å². The molecule has 0 saturated carbocycles. The smallest absolute Gasteiger partial charge is 0.268 e. The molecule has 0 spiro atoms. The zero-order valence-electron chi connectivity index (χ0n) is 13.0. The Labute approximate surface area is 136 Å². The van der Waals surface area contributed by atoms with Crippen LogP contribution < -0.4 is 10.5 Å². The van der Waals surface area contributed by atoms with Gasteiger partial charge in [0.15, 0.2) is 5.75 Å². The van der Waals surface area contributed by atoms with Gasteiger partial charge in [0.05, 0.1) is 42.6 Å². The quantitative estimate of drug-likeness (QED) is 0.789. The highest BCUT2D eigenvalue weighted by atomic mass is 19.1. The number of primary amides is 1. The first-order valence-corrected chi connectivity index (χ1v) is 7.02. The maximum absolute atomic E-state index is 13.2. The number of amides is 1. The fourth-order valence-corrected chi connectivity index (χ4v) is 2.33. The number of aryl methyl sites for hydroxylation is 1. The Morgan fingerprint density at radius 1 is 1.33 bits per heavy atom. The van der Waals surface area contributed by atoms with Crippen molar-refractivity contribution in [3.63, 3.8) is 0 Å². The SMILES string of the molecule is COc1cnn(-c2cc(C)nc(C(N)=O)c2-c2ccc(F)cn2)c1. The van der Waals surface area contributed by atoms with Crippen molar-refractivity contribution in [2.24, 2.45) is 5.73 Å². The Bertz CT molecular complexity index is 905. The van der Waals surface area contributed by atoms with Crippen molar-refractivity contribution in [1.29, 1.82) is 0 Å². The first-order chi connectivity index (χ1) is 11.5. The Morgan fingerprint density at radius 3 is 2.71 bits per heavy atom. The second-order valence-electron chi connectivity index (χ2n) is 5.06. The van der Waals surface area contributed by atoms with Crippen molar-refractivity contribution in [3.05, 3.63) is 54.0 Å². The standard InChI is InChI=1S/C16H14FN5O2/c1-9-5-13(22-8-11(24-2)7-20-22)14(15(21-9)16(18)23)12-4-3-10(17)6-19-12/h3-8H,1-2H3,(H2,18,23). The van der Waals surface area contributed by atoms with Crippen molar-refractivity contribution in [3.8, 4) is 22.7 Å². The molecule has 24 heavy (non-hydrogen) atoms. The monoisotopic (exact) mass is 327 g/mol. The Hall–Kier alpha value is -3.29. The summed E-state index contributed by atoms with van der Waals surface area (Å²) in [5.41, 5.74) is 7.37. The molecule has 3 heterocycles. The van der Waals surface area contributed by atoms with Crippen molar-refractivity contribution in [2.75, 3.05) is 7.11 Å². The largest absolute Gasteiger partial charge is 0.493 e. The Kier molecular flexibility index (Phi) is 3.95. The van der Waals surface area contributed by atoms with Gasteiger partial charge in [-0.15, -0.1) is 0 Å². The number of ether oxygens (including phenoxy) is 1. The van der Waals surface area contributed by atoms with Gasteiger partial charge in [0.25, 0.3) is 5.91 Å². The molecule has 2 N–H and O–H groups in total. The summed E-state index contributed by atoms with van der Waals surface area (Å²) in [5, 5.41) is 4.21. The minimum absolute atomic E-state index is 0.0403. The third-order valence-electron chi connectivity index (χ3n) is 3.39. The van der Waals surface area contributed by atoms with Crippen LogP contribution in [0.4, 0.5) is 4.39 Å². The highest BCUT2D eigenvalue weighted by molar-refractivity contribution is 5.99. The van der Waals surface area contributed by atoms with Crippen molar-refractivity contribution >= 4 is 5.91 Å². The predicted molar refractivity (Wildman–Crippen MR) is 84.4 cm³/mol. The van der Waals surface area contributed by atoms with E-state index in [-0.39, 0.29) is 5.69 Å². The first kappa shape index (κ1) is 15.6. The lowest BCUT2D eigenvalue weighted by molar-refractivity contribution is 0.0996. The molecule has 0 bridgehead atoms. The molecular weight excluding hydrogens is 313 g/mol. The lowest BCUT2D eigenvalue weighted by Gasteiger charge is -2.13. The third-order valence-corrected chi connectivity index (χ3v) is 3.39. The molecule has 8 heteroatoms. The summed E-state index contributed by atoms with van der Waals surface area (Å²) in [6, 6.07) is 4.44. The van der Waals surface area contributed by atoms with Gasteiger partial charge in [-0.3, -0.25) is 9.78 Å². The number of hydrogen-bond acceptors (Lipinski definition) is 5. The van der Waals surface area contributed by atoms with E-state index in [0.29, 0.717) is 28.4 Å². The molecular formula is C16H14FN5O2. The summed E-state index contributed by atoms with van der Waals surface area (Å²) in [5.74, 6) is -0.648. The number of halogens is 1. The van der Waals surface area contributed by atoms with E-state index >= 15 is 0 Å². The van der Waals surface area contributed by atoms with Crippen molar-refractivity contribution < 1.29 is 13.9 Å². The van der Waals surface area contributed by atoms with Gasteiger partial charge in [-0.25, -0.2) is 14.1 Å². The van der Waals surface area contributed by atoms with Crippen LogP contribution in [-0.2, 0) is 0 Å². The maximum Gasteiger partial charge on any atom is 0.268 e. The average Bonchev–Trinajstić information content (AvgIpc) is 3.04. The summed E-state index contributed by atoms with van der Waals surface area (Å²) in [4.78, 5) is 20.1. The van der Waals surface area contributed by atoms with E-state index in [1.54, 1.807) is 19.2 Å². The van der Waals surface area contributed by atoms with Gasteiger partial charge in [-0.1, -0.05) is 0 Å². The fraction of sp³-hybridized carbons (Fsp3) is 0.125. The van der Waals surface area contributed by atoms with E-state index < -0.39 is 11.7 Å². The third kappa shape index (κ3) is 2.81. The number of nitrogens with two attached hydrogens (primary N) is 1. The summed E-state index contributed by atoms with van der Waals surface area (Å²) >= 11 is 0. The molecule has 7 nitrogen and oxygen atoms in total. The lowest BCUT2D eigenvalue weighted by Crippen LogP contribution is -2.17. The molecule has 0 aliphatic heterocycles. The normalized spacial score (nSPS) is 10.6. The number of rotatable bonds is 4. The van der Waals surface area contributed by atoms with Crippen LogP contribution in [-0.4, -0.2) is 32.8 Å².